The van der Waals surface area contributed by atoms with Gasteiger partial charge in [-0.3, -0.25) is 4.79 Å². The highest BCUT2D eigenvalue weighted by Crippen LogP contribution is 2.29. The van der Waals surface area contributed by atoms with Crippen molar-refractivity contribution >= 4 is 21.6 Å². The van der Waals surface area contributed by atoms with Gasteiger partial charge in [-0.2, -0.15) is 0 Å². The molecule has 0 atom stereocenters. The number of nitrogens with zero attached hydrogens (tertiary/aromatic N) is 1. The van der Waals surface area contributed by atoms with E-state index < -0.39 is 10.0 Å². The zero-order chi connectivity index (χ0) is 18.0. The second-order valence-corrected chi connectivity index (χ2v) is 7.99. The highest BCUT2D eigenvalue weighted by molar-refractivity contribution is 7.89. The molecule has 0 aliphatic carbocycles. The average molecular weight is 358 g/mol. The van der Waals surface area contributed by atoms with Crippen LogP contribution >= 0.6 is 0 Å². The molecule has 0 saturated heterocycles. The molecule has 0 unspecified atom stereocenters. The molecule has 0 spiro atoms. The quantitative estimate of drug-likeness (QED) is 0.914. The summed E-state index contributed by atoms with van der Waals surface area (Å²) < 4.78 is 26.8. The first-order valence-corrected chi connectivity index (χ1v) is 9.92. The lowest BCUT2D eigenvalue weighted by Gasteiger charge is -2.30. The summed E-state index contributed by atoms with van der Waals surface area (Å²) in [5.74, 6) is -0.168. The van der Waals surface area contributed by atoms with Crippen LogP contribution in [0.5, 0.6) is 0 Å². The van der Waals surface area contributed by atoms with Gasteiger partial charge in [-0.1, -0.05) is 30.7 Å². The van der Waals surface area contributed by atoms with E-state index in [1.807, 2.05) is 19.1 Å². The molecule has 3 rings (SSSR count). The second kappa shape index (κ2) is 6.98. The SMILES string of the molecule is CCNS(=O)(=O)c1cccc(C(=O)N2CCCc3cc(C)ccc32)c1. The summed E-state index contributed by atoms with van der Waals surface area (Å²) in [6.07, 6.45) is 1.85. The van der Waals surface area contributed by atoms with Crippen LogP contribution in [0.3, 0.4) is 0 Å². The lowest BCUT2D eigenvalue weighted by molar-refractivity contribution is 0.0985. The summed E-state index contributed by atoms with van der Waals surface area (Å²) in [5.41, 5.74) is 3.64. The van der Waals surface area contributed by atoms with Crippen LogP contribution in [0.2, 0.25) is 0 Å². The number of carbonyl (C=O) groups is 1. The minimum atomic E-state index is -3.58. The highest BCUT2D eigenvalue weighted by atomic mass is 32.2. The Morgan fingerprint density at radius 2 is 2.00 bits per heavy atom. The molecular weight excluding hydrogens is 336 g/mol. The lowest BCUT2D eigenvalue weighted by Crippen LogP contribution is -2.35. The molecule has 1 heterocycles. The van der Waals surface area contributed by atoms with Crippen LogP contribution in [0.25, 0.3) is 0 Å². The van der Waals surface area contributed by atoms with Crippen molar-refractivity contribution in [1.82, 2.24) is 4.72 Å². The van der Waals surface area contributed by atoms with Gasteiger partial charge in [-0.15, -0.1) is 0 Å². The maximum Gasteiger partial charge on any atom is 0.258 e. The number of aryl methyl sites for hydroxylation is 2. The van der Waals surface area contributed by atoms with Crippen molar-refractivity contribution in [3.63, 3.8) is 0 Å². The Bertz CT molecular complexity index is 907. The summed E-state index contributed by atoms with van der Waals surface area (Å²) in [5, 5.41) is 0. The number of anilines is 1. The number of fused-ring (bicyclic) bond motifs is 1. The highest BCUT2D eigenvalue weighted by Gasteiger charge is 2.24. The van der Waals surface area contributed by atoms with Gasteiger partial charge in [0.05, 0.1) is 4.90 Å². The van der Waals surface area contributed by atoms with E-state index in [2.05, 4.69) is 10.8 Å². The van der Waals surface area contributed by atoms with Gasteiger partial charge in [0.15, 0.2) is 0 Å². The average Bonchev–Trinajstić information content (AvgIpc) is 2.60. The lowest BCUT2D eigenvalue weighted by atomic mass is 9.99. The van der Waals surface area contributed by atoms with Crippen molar-refractivity contribution in [2.45, 2.75) is 31.6 Å². The van der Waals surface area contributed by atoms with Gasteiger partial charge in [-0.05, 0) is 49.6 Å². The maximum absolute atomic E-state index is 13.0. The number of amides is 1. The van der Waals surface area contributed by atoms with Gasteiger partial charge in [0.25, 0.3) is 5.91 Å². The van der Waals surface area contributed by atoms with Crippen LogP contribution in [0.15, 0.2) is 47.4 Å². The van der Waals surface area contributed by atoms with Crippen LogP contribution in [0, 0.1) is 6.92 Å². The van der Waals surface area contributed by atoms with Gasteiger partial charge in [-0.25, -0.2) is 13.1 Å². The minimum Gasteiger partial charge on any atom is -0.308 e. The van der Waals surface area contributed by atoms with E-state index in [0.29, 0.717) is 18.7 Å². The van der Waals surface area contributed by atoms with E-state index in [-0.39, 0.29) is 10.8 Å². The van der Waals surface area contributed by atoms with Crippen molar-refractivity contribution in [2.24, 2.45) is 0 Å². The third-order valence-corrected chi connectivity index (χ3v) is 5.87. The molecule has 0 aromatic heterocycles. The summed E-state index contributed by atoms with van der Waals surface area (Å²) in [7, 11) is -3.58. The summed E-state index contributed by atoms with van der Waals surface area (Å²) >= 11 is 0. The molecule has 0 saturated carbocycles. The number of nitrogens with one attached hydrogen (secondary N) is 1. The van der Waals surface area contributed by atoms with Crippen molar-refractivity contribution in [1.29, 1.82) is 0 Å². The molecule has 6 heteroatoms. The largest absolute Gasteiger partial charge is 0.308 e. The Hall–Kier alpha value is -2.18. The molecule has 2 aromatic carbocycles. The maximum atomic E-state index is 13.0. The zero-order valence-corrected chi connectivity index (χ0v) is 15.3. The van der Waals surface area contributed by atoms with E-state index in [1.54, 1.807) is 24.0 Å². The third-order valence-electron chi connectivity index (χ3n) is 4.32. The van der Waals surface area contributed by atoms with E-state index >= 15 is 0 Å². The van der Waals surface area contributed by atoms with E-state index in [9.17, 15) is 13.2 Å². The minimum absolute atomic E-state index is 0.112. The number of benzene rings is 2. The fourth-order valence-corrected chi connectivity index (χ4v) is 4.25. The fourth-order valence-electron chi connectivity index (χ4n) is 3.16. The fraction of sp³-hybridized carbons (Fsp3) is 0.316. The summed E-state index contributed by atoms with van der Waals surface area (Å²) in [6, 6.07) is 12.3. The molecule has 5 nitrogen and oxygen atoms in total. The van der Waals surface area contributed by atoms with Gasteiger partial charge >= 0.3 is 0 Å². The summed E-state index contributed by atoms with van der Waals surface area (Å²) in [4.78, 5) is 14.9. The summed E-state index contributed by atoms with van der Waals surface area (Å²) in [6.45, 7) is 4.70. The third kappa shape index (κ3) is 3.60. The van der Waals surface area contributed by atoms with Crippen LogP contribution < -0.4 is 9.62 Å². The Balaban J connectivity index is 1.95. The van der Waals surface area contributed by atoms with E-state index in [0.717, 1.165) is 24.1 Å². The predicted octanol–water partition coefficient (Wildman–Crippen LogP) is 2.89. The number of hydrogen-bond acceptors (Lipinski definition) is 3. The number of rotatable bonds is 4. The smallest absolute Gasteiger partial charge is 0.258 e. The first-order valence-electron chi connectivity index (χ1n) is 8.43. The topological polar surface area (TPSA) is 66.5 Å². The predicted molar refractivity (Wildman–Crippen MR) is 98.5 cm³/mol. The number of hydrogen-bond donors (Lipinski definition) is 1. The van der Waals surface area contributed by atoms with Gasteiger partial charge in [0.2, 0.25) is 10.0 Å². The Morgan fingerprint density at radius 3 is 2.76 bits per heavy atom. The molecule has 1 N–H and O–H groups in total. The molecule has 132 valence electrons. The standard InChI is InChI=1S/C19H22N2O3S/c1-3-20-25(23,24)17-8-4-6-16(13-17)19(22)21-11-5-7-15-12-14(2)9-10-18(15)21/h4,6,8-10,12-13,20H,3,5,7,11H2,1-2H3. The number of carbonyl (C=O) groups excluding carboxylic acids is 1. The van der Waals surface area contributed by atoms with E-state index in [1.165, 1.54) is 17.7 Å². The molecular formula is C19H22N2O3S. The van der Waals surface area contributed by atoms with Crippen molar-refractivity contribution in [3.8, 4) is 0 Å². The van der Waals surface area contributed by atoms with Crippen molar-refractivity contribution in [3.05, 3.63) is 59.2 Å². The van der Waals surface area contributed by atoms with Gasteiger partial charge in [0.1, 0.15) is 0 Å². The van der Waals surface area contributed by atoms with Crippen LogP contribution in [-0.4, -0.2) is 27.4 Å². The number of sulfonamides is 1. The molecule has 25 heavy (non-hydrogen) atoms. The molecule has 0 bridgehead atoms. The normalized spacial score (nSPS) is 14.2. The first kappa shape index (κ1) is 17.6. The van der Waals surface area contributed by atoms with Crippen LogP contribution in [0.4, 0.5) is 5.69 Å². The molecule has 0 fully saturated rings. The Kier molecular flexibility index (Phi) is 4.92. The first-order chi connectivity index (χ1) is 11.9. The van der Waals surface area contributed by atoms with Gasteiger partial charge < -0.3 is 4.90 Å². The van der Waals surface area contributed by atoms with Gasteiger partial charge in [0, 0.05) is 24.3 Å². The Morgan fingerprint density at radius 1 is 1.20 bits per heavy atom. The van der Waals surface area contributed by atoms with Crippen molar-refractivity contribution in [2.75, 3.05) is 18.0 Å². The van der Waals surface area contributed by atoms with Crippen molar-refractivity contribution < 1.29 is 13.2 Å². The monoisotopic (exact) mass is 358 g/mol. The zero-order valence-electron chi connectivity index (χ0n) is 14.5. The molecule has 1 amide bonds. The second-order valence-electron chi connectivity index (χ2n) is 6.22. The van der Waals surface area contributed by atoms with Crippen LogP contribution in [-0.2, 0) is 16.4 Å². The molecule has 0 radical (unpaired) electrons. The van der Waals surface area contributed by atoms with Crippen LogP contribution in [0.1, 0.15) is 34.8 Å². The Labute approximate surface area is 148 Å². The van der Waals surface area contributed by atoms with E-state index in [4.69, 9.17) is 0 Å². The molecule has 2 aromatic rings. The molecule has 1 aliphatic rings. The molecule has 1 aliphatic heterocycles.